The minimum atomic E-state index is -0.161. The predicted molar refractivity (Wildman–Crippen MR) is 62.1 cm³/mol. The molecule has 0 unspecified atom stereocenters. The average molecular weight is 224 g/mol. The zero-order valence-corrected chi connectivity index (χ0v) is 10.0. The maximum absolute atomic E-state index is 5.97. The van der Waals surface area contributed by atoms with E-state index >= 15 is 0 Å². The Morgan fingerprint density at radius 2 is 1.94 bits per heavy atom. The molecule has 1 aliphatic heterocycles. The van der Waals surface area contributed by atoms with Crippen LogP contribution in [0.4, 0.5) is 5.95 Å². The third-order valence-electron chi connectivity index (χ3n) is 3.07. The summed E-state index contributed by atoms with van der Waals surface area (Å²) < 4.78 is 5.21. The van der Waals surface area contributed by atoms with Gasteiger partial charge in [-0.3, -0.25) is 0 Å². The van der Waals surface area contributed by atoms with Crippen LogP contribution in [0.2, 0.25) is 0 Å². The van der Waals surface area contributed by atoms with Gasteiger partial charge in [-0.25, -0.2) is 0 Å². The SMILES string of the molecule is CC(C)[C@H](N)c1nc(N2CCCCC2)no1. The van der Waals surface area contributed by atoms with Crippen LogP contribution in [0.5, 0.6) is 0 Å². The average Bonchev–Trinajstić information content (AvgIpc) is 2.78. The molecule has 1 aromatic heterocycles. The van der Waals surface area contributed by atoms with Gasteiger partial charge in [0.05, 0.1) is 6.04 Å². The fourth-order valence-corrected chi connectivity index (χ4v) is 1.87. The maximum atomic E-state index is 5.97. The first kappa shape index (κ1) is 11.4. The van der Waals surface area contributed by atoms with E-state index < -0.39 is 0 Å². The van der Waals surface area contributed by atoms with Crippen LogP contribution in [0.15, 0.2) is 4.52 Å². The number of rotatable bonds is 3. The minimum absolute atomic E-state index is 0.161. The van der Waals surface area contributed by atoms with Crippen molar-refractivity contribution in [1.82, 2.24) is 10.1 Å². The van der Waals surface area contributed by atoms with E-state index in [2.05, 4.69) is 28.9 Å². The molecule has 2 N–H and O–H groups in total. The monoisotopic (exact) mass is 224 g/mol. The first-order valence-corrected chi connectivity index (χ1v) is 6.02. The Bertz CT molecular complexity index is 330. The van der Waals surface area contributed by atoms with Gasteiger partial charge in [-0.2, -0.15) is 4.98 Å². The highest BCUT2D eigenvalue weighted by Gasteiger charge is 2.21. The molecule has 5 heteroatoms. The molecule has 2 heterocycles. The molecule has 90 valence electrons. The molecule has 0 saturated carbocycles. The molecule has 0 spiro atoms. The minimum Gasteiger partial charge on any atom is -0.338 e. The van der Waals surface area contributed by atoms with Gasteiger partial charge in [0.15, 0.2) is 0 Å². The van der Waals surface area contributed by atoms with Crippen molar-refractivity contribution in [2.45, 2.75) is 39.2 Å². The molecule has 2 rings (SSSR count). The fourth-order valence-electron chi connectivity index (χ4n) is 1.87. The molecule has 16 heavy (non-hydrogen) atoms. The molecule has 1 atom stereocenters. The lowest BCUT2D eigenvalue weighted by atomic mass is 10.1. The number of nitrogens with two attached hydrogens (primary N) is 1. The van der Waals surface area contributed by atoms with Gasteiger partial charge in [-0.1, -0.05) is 13.8 Å². The Balaban J connectivity index is 2.06. The molecule has 1 aromatic rings. The van der Waals surface area contributed by atoms with Gasteiger partial charge in [0.25, 0.3) is 5.95 Å². The van der Waals surface area contributed by atoms with Crippen LogP contribution in [-0.2, 0) is 0 Å². The molecule has 1 aliphatic rings. The van der Waals surface area contributed by atoms with Crippen LogP contribution in [0.1, 0.15) is 45.0 Å². The summed E-state index contributed by atoms with van der Waals surface area (Å²) in [6.07, 6.45) is 3.72. The molecule has 0 aromatic carbocycles. The van der Waals surface area contributed by atoms with Crippen molar-refractivity contribution in [3.63, 3.8) is 0 Å². The van der Waals surface area contributed by atoms with Gasteiger partial charge in [0.2, 0.25) is 5.89 Å². The molecule has 0 amide bonds. The Morgan fingerprint density at radius 1 is 1.25 bits per heavy atom. The topological polar surface area (TPSA) is 68.2 Å². The lowest BCUT2D eigenvalue weighted by molar-refractivity contribution is 0.324. The van der Waals surface area contributed by atoms with Crippen LogP contribution < -0.4 is 10.6 Å². The van der Waals surface area contributed by atoms with Gasteiger partial charge in [0.1, 0.15) is 0 Å². The van der Waals surface area contributed by atoms with Gasteiger partial charge in [-0.05, 0) is 30.3 Å². The highest BCUT2D eigenvalue weighted by Crippen LogP contribution is 2.21. The van der Waals surface area contributed by atoms with Crippen molar-refractivity contribution in [1.29, 1.82) is 0 Å². The number of hydrogen-bond acceptors (Lipinski definition) is 5. The van der Waals surface area contributed by atoms with Gasteiger partial charge in [0, 0.05) is 13.1 Å². The number of aromatic nitrogens is 2. The van der Waals surface area contributed by atoms with Gasteiger partial charge < -0.3 is 15.2 Å². The maximum Gasteiger partial charge on any atom is 0.266 e. The van der Waals surface area contributed by atoms with Gasteiger partial charge in [-0.15, -0.1) is 0 Å². The number of anilines is 1. The van der Waals surface area contributed by atoms with E-state index in [9.17, 15) is 0 Å². The van der Waals surface area contributed by atoms with E-state index in [1.54, 1.807) is 0 Å². The van der Waals surface area contributed by atoms with Crippen molar-refractivity contribution in [2.24, 2.45) is 11.7 Å². The normalized spacial score (nSPS) is 19.1. The van der Waals surface area contributed by atoms with Crippen molar-refractivity contribution in [3.05, 3.63) is 5.89 Å². The molecule has 0 bridgehead atoms. The summed E-state index contributed by atoms with van der Waals surface area (Å²) >= 11 is 0. The molecule has 1 fully saturated rings. The summed E-state index contributed by atoms with van der Waals surface area (Å²) in [5.41, 5.74) is 5.97. The summed E-state index contributed by atoms with van der Waals surface area (Å²) in [5.74, 6) is 1.57. The molecule has 0 aliphatic carbocycles. The van der Waals surface area contributed by atoms with E-state index in [-0.39, 0.29) is 6.04 Å². The Hall–Kier alpha value is -1.10. The molecular weight excluding hydrogens is 204 g/mol. The van der Waals surface area contributed by atoms with E-state index in [1.807, 2.05) is 0 Å². The highest BCUT2D eigenvalue weighted by molar-refractivity contribution is 5.28. The summed E-state index contributed by atoms with van der Waals surface area (Å²) in [7, 11) is 0. The summed E-state index contributed by atoms with van der Waals surface area (Å²) in [6.45, 7) is 6.15. The second-order valence-electron chi connectivity index (χ2n) is 4.75. The highest BCUT2D eigenvalue weighted by atomic mass is 16.5. The van der Waals surface area contributed by atoms with E-state index in [0.29, 0.717) is 17.8 Å². The molecular formula is C11H20N4O. The zero-order chi connectivity index (χ0) is 11.5. The quantitative estimate of drug-likeness (QED) is 0.846. The van der Waals surface area contributed by atoms with Crippen LogP contribution in [0.3, 0.4) is 0 Å². The lowest BCUT2D eigenvalue weighted by Crippen LogP contribution is -2.30. The number of hydrogen-bond donors (Lipinski definition) is 1. The van der Waals surface area contributed by atoms with E-state index in [0.717, 1.165) is 13.1 Å². The zero-order valence-electron chi connectivity index (χ0n) is 10.0. The first-order valence-electron chi connectivity index (χ1n) is 6.02. The van der Waals surface area contributed by atoms with Crippen LogP contribution >= 0.6 is 0 Å². The fraction of sp³-hybridized carbons (Fsp3) is 0.818. The first-order chi connectivity index (χ1) is 7.68. The smallest absolute Gasteiger partial charge is 0.266 e. The van der Waals surface area contributed by atoms with Crippen molar-refractivity contribution >= 4 is 5.95 Å². The Labute approximate surface area is 96.0 Å². The Kier molecular flexibility index (Phi) is 3.43. The largest absolute Gasteiger partial charge is 0.338 e. The molecule has 1 saturated heterocycles. The van der Waals surface area contributed by atoms with Crippen molar-refractivity contribution < 1.29 is 4.52 Å². The summed E-state index contributed by atoms with van der Waals surface area (Å²) in [4.78, 5) is 6.55. The van der Waals surface area contributed by atoms with E-state index in [4.69, 9.17) is 10.3 Å². The standard InChI is InChI=1S/C11H20N4O/c1-8(2)9(12)10-13-11(14-16-10)15-6-4-3-5-7-15/h8-9H,3-7,12H2,1-2H3/t9-/m0/s1. The predicted octanol–water partition coefficient (Wildman–Crippen LogP) is 1.72. The summed E-state index contributed by atoms with van der Waals surface area (Å²) in [6, 6.07) is -0.161. The third kappa shape index (κ3) is 2.35. The molecule has 5 nitrogen and oxygen atoms in total. The van der Waals surface area contributed by atoms with E-state index in [1.165, 1.54) is 19.3 Å². The van der Waals surface area contributed by atoms with Crippen molar-refractivity contribution in [3.8, 4) is 0 Å². The number of nitrogens with zero attached hydrogens (tertiary/aromatic N) is 3. The van der Waals surface area contributed by atoms with Gasteiger partial charge >= 0.3 is 0 Å². The van der Waals surface area contributed by atoms with Crippen LogP contribution in [-0.4, -0.2) is 23.2 Å². The van der Waals surface area contributed by atoms with Crippen molar-refractivity contribution in [2.75, 3.05) is 18.0 Å². The second kappa shape index (κ2) is 4.82. The lowest BCUT2D eigenvalue weighted by Gasteiger charge is -2.24. The van der Waals surface area contributed by atoms with Crippen LogP contribution in [0.25, 0.3) is 0 Å². The number of piperidine rings is 1. The molecule has 0 radical (unpaired) electrons. The summed E-state index contributed by atoms with van der Waals surface area (Å²) in [5, 5.41) is 4.00. The third-order valence-corrected chi connectivity index (χ3v) is 3.07. The second-order valence-corrected chi connectivity index (χ2v) is 4.75. The van der Waals surface area contributed by atoms with Crippen LogP contribution in [0, 0.1) is 5.92 Å². The Morgan fingerprint density at radius 3 is 2.56 bits per heavy atom.